The standard InChI is InChI=1S/C12H14N6/c1-8(12-17-15-7-18(12)2)16-10-5-3-4-9(6-13)11(10)14/h3-5,7-8,16H,14H2,1-2H3. The van der Waals surface area contributed by atoms with E-state index in [1.807, 2.05) is 24.6 Å². The van der Waals surface area contributed by atoms with Crippen LogP contribution in [0.3, 0.4) is 0 Å². The second kappa shape index (κ2) is 4.75. The van der Waals surface area contributed by atoms with Gasteiger partial charge in [0.2, 0.25) is 0 Å². The fraction of sp³-hybridized carbons (Fsp3) is 0.250. The second-order valence-electron chi connectivity index (χ2n) is 4.04. The van der Waals surface area contributed by atoms with Crippen molar-refractivity contribution in [1.29, 1.82) is 5.26 Å². The number of hydrogen-bond donors (Lipinski definition) is 2. The van der Waals surface area contributed by atoms with E-state index in [1.54, 1.807) is 18.5 Å². The number of nitriles is 1. The van der Waals surface area contributed by atoms with Crippen LogP contribution in [0.4, 0.5) is 11.4 Å². The predicted molar refractivity (Wildman–Crippen MR) is 68.6 cm³/mol. The number of nitrogens with one attached hydrogen (secondary N) is 1. The van der Waals surface area contributed by atoms with Gasteiger partial charge in [0.05, 0.1) is 23.0 Å². The zero-order chi connectivity index (χ0) is 13.1. The topological polar surface area (TPSA) is 92.6 Å². The molecule has 0 fully saturated rings. The van der Waals surface area contributed by atoms with Crippen molar-refractivity contribution >= 4 is 11.4 Å². The van der Waals surface area contributed by atoms with Crippen molar-refractivity contribution in [2.45, 2.75) is 13.0 Å². The van der Waals surface area contributed by atoms with Crippen molar-refractivity contribution in [3.8, 4) is 6.07 Å². The highest BCUT2D eigenvalue weighted by Crippen LogP contribution is 2.25. The highest BCUT2D eigenvalue weighted by molar-refractivity contribution is 5.73. The smallest absolute Gasteiger partial charge is 0.154 e. The largest absolute Gasteiger partial charge is 0.396 e. The van der Waals surface area contributed by atoms with Crippen LogP contribution < -0.4 is 11.1 Å². The van der Waals surface area contributed by atoms with Gasteiger partial charge in [0.15, 0.2) is 5.82 Å². The Hall–Kier alpha value is -2.55. The van der Waals surface area contributed by atoms with Crippen molar-refractivity contribution in [2.75, 3.05) is 11.1 Å². The Morgan fingerprint density at radius 2 is 2.28 bits per heavy atom. The van der Waals surface area contributed by atoms with Gasteiger partial charge in [-0.2, -0.15) is 5.26 Å². The zero-order valence-corrected chi connectivity index (χ0v) is 10.3. The van der Waals surface area contributed by atoms with Gasteiger partial charge in [-0.15, -0.1) is 10.2 Å². The second-order valence-corrected chi connectivity index (χ2v) is 4.04. The molecule has 0 spiro atoms. The summed E-state index contributed by atoms with van der Waals surface area (Å²) in [6, 6.07) is 7.33. The summed E-state index contributed by atoms with van der Waals surface area (Å²) in [5.41, 5.74) is 7.55. The number of rotatable bonds is 3. The lowest BCUT2D eigenvalue weighted by Gasteiger charge is -2.16. The molecule has 1 aromatic carbocycles. The molecule has 92 valence electrons. The summed E-state index contributed by atoms with van der Waals surface area (Å²) in [6.45, 7) is 1.96. The highest BCUT2D eigenvalue weighted by atomic mass is 15.3. The molecule has 0 aliphatic rings. The van der Waals surface area contributed by atoms with E-state index >= 15 is 0 Å². The number of aromatic nitrogens is 3. The molecule has 1 aromatic heterocycles. The average molecular weight is 242 g/mol. The van der Waals surface area contributed by atoms with E-state index in [0.717, 1.165) is 11.5 Å². The Balaban J connectivity index is 2.25. The molecule has 2 rings (SSSR count). The summed E-state index contributed by atoms with van der Waals surface area (Å²) in [5.74, 6) is 0.803. The van der Waals surface area contributed by atoms with E-state index in [4.69, 9.17) is 11.0 Å². The number of para-hydroxylation sites is 1. The summed E-state index contributed by atoms with van der Waals surface area (Å²) in [4.78, 5) is 0. The molecule has 2 aromatic rings. The van der Waals surface area contributed by atoms with Crippen LogP contribution in [-0.2, 0) is 7.05 Å². The number of benzene rings is 1. The quantitative estimate of drug-likeness (QED) is 0.794. The molecule has 0 aliphatic heterocycles. The summed E-state index contributed by atoms with van der Waals surface area (Å²) in [5, 5.41) is 20.0. The number of aryl methyl sites for hydroxylation is 1. The van der Waals surface area contributed by atoms with E-state index in [0.29, 0.717) is 11.3 Å². The lowest BCUT2D eigenvalue weighted by atomic mass is 10.1. The third-order valence-electron chi connectivity index (χ3n) is 2.73. The van der Waals surface area contributed by atoms with Gasteiger partial charge < -0.3 is 15.6 Å². The van der Waals surface area contributed by atoms with E-state index in [2.05, 4.69) is 21.6 Å². The normalized spacial score (nSPS) is 11.8. The number of nitrogens with zero attached hydrogens (tertiary/aromatic N) is 4. The van der Waals surface area contributed by atoms with Crippen molar-refractivity contribution in [2.24, 2.45) is 7.05 Å². The molecule has 0 aliphatic carbocycles. The first-order valence-corrected chi connectivity index (χ1v) is 5.52. The first-order valence-electron chi connectivity index (χ1n) is 5.52. The Labute approximate surface area is 105 Å². The zero-order valence-electron chi connectivity index (χ0n) is 10.3. The maximum Gasteiger partial charge on any atom is 0.154 e. The summed E-state index contributed by atoms with van der Waals surface area (Å²) < 4.78 is 1.84. The fourth-order valence-corrected chi connectivity index (χ4v) is 1.77. The van der Waals surface area contributed by atoms with Crippen LogP contribution in [0.15, 0.2) is 24.5 Å². The van der Waals surface area contributed by atoms with Crippen LogP contribution in [0, 0.1) is 11.3 Å². The summed E-state index contributed by atoms with van der Waals surface area (Å²) in [7, 11) is 1.88. The molecule has 0 radical (unpaired) electrons. The number of anilines is 2. The molecule has 1 atom stereocenters. The Bertz CT molecular complexity index is 595. The molecular weight excluding hydrogens is 228 g/mol. The fourth-order valence-electron chi connectivity index (χ4n) is 1.77. The van der Waals surface area contributed by atoms with Gasteiger partial charge in [-0.05, 0) is 19.1 Å². The maximum atomic E-state index is 8.92. The molecule has 0 saturated heterocycles. The molecule has 0 saturated carbocycles. The molecule has 6 nitrogen and oxygen atoms in total. The van der Waals surface area contributed by atoms with Crippen LogP contribution in [-0.4, -0.2) is 14.8 Å². The lowest BCUT2D eigenvalue weighted by Crippen LogP contribution is -2.13. The number of nitrogens with two attached hydrogens (primary N) is 1. The predicted octanol–water partition coefficient (Wildman–Crippen LogP) is 1.44. The van der Waals surface area contributed by atoms with Crippen molar-refractivity contribution in [3.63, 3.8) is 0 Å². The number of nitrogen functional groups attached to an aromatic ring is 1. The Morgan fingerprint density at radius 1 is 1.50 bits per heavy atom. The average Bonchev–Trinajstić information content (AvgIpc) is 2.78. The van der Waals surface area contributed by atoms with Gasteiger partial charge in [0.1, 0.15) is 12.4 Å². The Morgan fingerprint density at radius 3 is 2.89 bits per heavy atom. The molecule has 6 heteroatoms. The third-order valence-corrected chi connectivity index (χ3v) is 2.73. The maximum absolute atomic E-state index is 8.92. The first-order chi connectivity index (χ1) is 8.63. The molecule has 3 N–H and O–H groups in total. The molecule has 0 bridgehead atoms. The third kappa shape index (κ3) is 2.11. The molecule has 1 unspecified atom stereocenters. The first kappa shape index (κ1) is 11.9. The van der Waals surface area contributed by atoms with Crippen molar-refractivity contribution in [3.05, 3.63) is 35.9 Å². The van der Waals surface area contributed by atoms with Crippen LogP contribution >= 0.6 is 0 Å². The molecule has 1 heterocycles. The van der Waals surface area contributed by atoms with E-state index in [1.165, 1.54) is 0 Å². The minimum Gasteiger partial charge on any atom is -0.396 e. The molecule has 18 heavy (non-hydrogen) atoms. The van der Waals surface area contributed by atoms with Gasteiger partial charge in [0, 0.05) is 7.05 Å². The SMILES string of the molecule is CC(Nc1cccc(C#N)c1N)c1nncn1C. The van der Waals surface area contributed by atoms with Gasteiger partial charge in [-0.1, -0.05) is 6.07 Å². The molecular formula is C12H14N6. The number of hydrogen-bond acceptors (Lipinski definition) is 5. The minimum absolute atomic E-state index is 0.0475. The van der Waals surface area contributed by atoms with E-state index in [-0.39, 0.29) is 6.04 Å². The molecule has 0 amide bonds. The van der Waals surface area contributed by atoms with E-state index < -0.39 is 0 Å². The van der Waals surface area contributed by atoms with Crippen LogP contribution in [0.2, 0.25) is 0 Å². The van der Waals surface area contributed by atoms with E-state index in [9.17, 15) is 0 Å². The van der Waals surface area contributed by atoms with Crippen LogP contribution in [0.5, 0.6) is 0 Å². The monoisotopic (exact) mass is 242 g/mol. The lowest BCUT2D eigenvalue weighted by molar-refractivity contribution is 0.719. The van der Waals surface area contributed by atoms with Gasteiger partial charge in [-0.25, -0.2) is 0 Å². The van der Waals surface area contributed by atoms with Gasteiger partial charge in [0.25, 0.3) is 0 Å². The minimum atomic E-state index is -0.0475. The van der Waals surface area contributed by atoms with Crippen LogP contribution in [0.25, 0.3) is 0 Å². The highest BCUT2D eigenvalue weighted by Gasteiger charge is 2.13. The van der Waals surface area contributed by atoms with Crippen LogP contribution in [0.1, 0.15) is 24.4 Å². The summed E-state index contributed by atoms with van der Waals surface area (Å²) in [6.07, 6.45) is 1.64. The van der Waals surface area contributed by atoms with Crippen molar-refractivity contribution in [1.82, 2.24) is 14.8 Å². The summed E-state index contributed by atoms with van der Waals surface area (Å²) >= 11 is 0. The Kier molecular flexibility index (Phi) is 3.15. The van der Waals surface area contributed by atoms with Gasteiger partial charge in [-0.3, -0.25) is 0 Å². The van der Waals surface area contributed by atoms with Crippen molar-refractivity contribution < 1.29 is 0 Å². The van der Waals surface area contributed by atoms with Gasteiger partial charge >= 0.3 is 0 Å².